The topological polar surface area (TPSA) is 126 Å². The standard InChI is InChI=1S/C22H27N7O2/c1-13(2)18-11-17(19-21(23)25-12-26-29(18)19)20(30)14-4-3-5-16(10-14)28-22(31)27-15-6-8-24-9-7-15/h3-5,10-13,15,24H,6-9H2,1-2H3,(H2,23,25,26)(H2,27,28,31). The fourth-order valence-electron chi connectivity index (χ4n) is 3.89. The normalized spacial score (nSPS) is 14.7. The number of carbonyl (C=O) groups is 2. The van der Waals surface area contributed by atoms with E-state index in [0.29, 0.717) is 22.3 Å². The van der Waals surface area contributed by atoms with E-state index >= 15 is 0 Å². The van der Waals surface area contributed by atoms with Crippen molar-refractivity contribution in [3.05, 3.63) is 53.5 Å². The molecule has 9 heteroatoms. The summed E-state index contributed by atoms with van der Waals surface area (Å²) < 4.78 is 1.68. The molecule has 3 heterocycles. The number of piperidine rings is 1. The Hall–Kier alpha value is -3.46. The highest BCUT2D eigenvalue weighted by atomic mass is 16.2. The number of nitrogens with one attached hydrogen (secondary N) is 3. The minimum Gasteiger partial charge on any atom is -0.382 e. The maximum atomic E-state index is 13.3. The molecule has 0 bridgehead atoms. The second-order valence-corrected chi connectivity index (χ2v) is 8.08. The summed E-state index contributed by atoms with van der Waals surface area (Å²) in [7, 11) is 0. The number of rotatable bonds is 5. The fourth-order valence-corrected chi connectivity index (χ4v) is 3.89. The number of ketones is 1. The fraction of sp³-hybridized carbons (Fsp3) is 0.364. The summed E-state index contributed by atoms with van der Waals surface area (Å²) >= 11 is 0. The average molecular weight is 422 g/mol. The van der Waals surface area contributed by atoms with Crippen molar-refractivity contribution in [1.29, 1.82) is 0 Å². The van der Waals surface area contributed by atoms with Crippen LogP contribution in [0.2, 0.25) is 0 Å². The largest absolute Gasteiger partial charge is 0.382 e. The van der Waals surface area contributed by atoms with E-state index in [0.717, 1.165) is 31.6 Å². The molecule has 4 rings (SSSR count). The number of nitrogens with two attached hydrogens (primary N) is 1. The summed E-state index contributed by atoms with van der Waals surface area (Å²) in [6.07, 6.45) is 3.18. The smallest absolute Gasteiger partial charge is 0.319 e. The predicted octanol–water partition coefficient (Wildman–Crippen LogP) is 2.54. The lowest BCUT2D eigenvalue weighted by Gasteiger charge is -2.23. The van der Waals surface area contributed by atoms with Crippen molar-refractivity contribution in [3.8, 4) is 0 Å². The molecular weight excluding hydrogens is 394 g/mol. The Balaban J connectivity index is 1.58. The number of fused-ring (bicyclic) bond motifs is 1. The zero-order chi connectivity index (χ0) is 22.0. The van der Waals surface area contributed by atoms with E-state index in [1.165, 1.54) is 6.33 Å². The van der Waals surface area contributed by atoms with E-state index in [-0.39, 0.29) is 29.6 Å². The molecule has 5 N–H and O–H groups in total. The number of hydrogen-bond acceptors (Lipinski definition) is 6. The summed E-state index contributed by atoms with van der Waals surface area (Å²) in [5.41, 5.74) is 8.90. The van der Waals surface area contributed by atoms with Gasteiger partial charge in [-0.25, -0.2) is 14.3 Å². The third kappa shape index (κ3) is 4.36. The van der Waals surface area contributed by atoms with Crippen molar-refractivity contribution in [2.24, 2.45) is 0 Å². The Morgan fingerprint density at radius 1 is 1.23 bits per heavy atom. The van der Waals surface area contributed by atoms with Gasteiger partial charge in [0.15, 0.2) is 11.6 Å². The van der Waals surface area contributed by atoms with Crippen LogP contribution in [-0.2, 0) is 0 Å². The molecule has 0 aliphatic carbocycles. The lowest BCUT2D eigenvalue weighted by Crippen LogP contribution is -2.44. The molecule has 0 spiro atoms. The van der Waals surface area contributed by atoms with Crippen molar-refractivity contribution in [2.45, 2.75) is 38.6 Å². The number of urea groups is 1. The molecule has 0 unspecified atom stereocenters. The second-order valence-electron chi connectivity index (χ2n) is 8.08. The number of anilines is 2. The van der Waals surface area contributed by atoms with Gasteiger partial charge >= 0.3 is 6.03 Å². The minimum atomic E-state index is -0.273. The van der Waals surface area contributed by atoms with E-state index in [9.17, 15) is 9.59 Å². The van der Waals surface area contributed by atoms with E-state index in [4.69, 9.17) is 5.73 Å². The number of aromatic nitrogens is 3. The molecule has 9 nitrogen and oxygen atoms in total. The number of hydrogen-bond donors (Lipinski definition) is 4. The Labute approximate surface area is 180 Å². The molecule has 1 fully saturated rings. The molecule has 0 saturated carbocycles. The van der Waals surface area contributed by atoms with Crippen LogP contribution in [0.5, 0.6) is 0 Å². The van der Waals surface area contributed by atoms with Gasteiger partial charge in [0, 0.05) is 23.0 Å². The third-order valence-electron chi connectivity index (χ3n) is 5.50. The van der Waals surface area contributed by atoms with Crippen LogP contribution in [0.1, 0.15) is 54.2 Å². The molecular formula is C22H27N7O2. The van der Waals surface area contributed by atoms with Crippen LogP contribution in [-0.4, -0.2) is 45.5 Å². The van der Waals surface area contributed by atoms with Gasteiger partial charge in [-0.3, -0.25) is 4.79 Å². The van der Waals surface area contributed by atoms with E-state index in [1.807, 2.05) is 19.9 Å². The molecule has 1 saturated heterocycles. The lowest BCUT2D eigenvalue weighted by atomic mass is 10.0. The van der Waals surface area contributed by atoms with Crippen molar-refractivity contribution in [3.63, 3.8) is 0 Å². The summed E-state index contributed by atoms with van der Waals surface area (Å²) in [6, 6.07) is 8.58. The van der Waals surface area contributed by atoms with Crippen LogP contribution < -0.4 is 21.7 Å². The summed E-state index contributed by atoms with van der Waals surface area (Å²) in [6.45, 7) is 5.84. The molecule has 1 aromatic carbocycles. The molecule has 0 atom stereocenters. The maximum Gasteiger partial charge on any atom is 0.319 e. The molecule has 0 radical (unpaired) electrons. The van der Waals surface area contributed by atoms with Gasteiger partial charge in [-0.1, -0.05) is 26.0 Å². The molecule has 1 aliphatic rings. The van der Waals surface area contributed by atoms with Gasteiger partial charge in [0.2, 0.25) is 0 Å². The predicted molar refractivity (Wildman–Crippen MR) is 119 cm³/mol. The number of nitrogen functional groups attached to an aromatic ring is 1. The summed E-state index contributed by atoms with van der Waals surface area (Å²) in [5, 5.41) is 13.4. The first-order valence-electron chi connectivity index (χ1n) is 10.5. The molecule has 2 amide bonds. The molecule has 1 aliphatic heterocycles. The highest BCUT2D eigenvalue weighted by molar-refractivity contribution is 6.15. The maximum absolute atomic E-state index is 13.3. The van der Waals surface area contributed by atoms with Gasteiger partial charge in [-0.05, 0) is 50.0 Å². The first-order valence-corrected chi connectivity index (χ1v) is 10.5. The molecule has 2 aromatic heterocycles. The summed E-state index contributed by atoms with van der Waals surface area (Å²) in [4.78, 5) is 29.8. The van der Waals surface area contributed by atoms with Crippen LogP contribution in [0.25, 0.3) is 5.52 Å². The van der Waals surface area contributed by atoms with Crippen LogP contribution in [0.15, 0.2) is 36.7 Å². The van der Waals surface area contributed by atoms with Gasteiger partial charge in [0.05, 0.1) is 5.56 Å². The second kappa shape index (κ2) is 8.73. The average Bonchev–Trinajstić information content (AvgIpc) is 3.15. The van der Waals surface area contributed by atoms with E-state index in [2.05, 4.69) is 26.0 Å². The molecule has 31 heavy (non-hydrogen) atoms. The van der Waals surface area contributed by atoms with Gasteiger partial charge in [-0.15, -0.1) is 0 Å². The Bertz CT molecular complexity index is 1120. The number of carbonyl (C=O) groups excluding carboxylic acids is 2. The minimum absolute atomic E-state index is 0.148. The number of nitrogens with zero attached hydrogens (tertiary/aromatic N) is 3. The molecule has 3 aromatic rings. The van der Waals surface area contributed by atoms with Crippen molar-refractivity contribution < 1.29 is 9.59 Å². The Morgan fingerprint density at radius 3 is 2.74 bits per heavy atom. The van der Waals surface area contributed by atoms with E-state index < -0.39 is 0 Å². The van der Waals surface area contributed by atoms with Gasteiger partial charge < -0.3 is 21.7 Å². The third-order valence-corrected chi connectivity index (χ3v) is 5.50. The monoisotopic (exact) mass is 421 g/mol. The Morgan fingerprint density at radius 2 is 2.00 bits per heavy atom. The first-order chi connectivity index (χ1) is 14.9. The van der Waals surface area contributed by atoms with Crippen molar-refractivity contribution in [1.82, 2.24) is 25.2 Å². The molecule has 162 valence electrons. The van der Waals surface area contributed by atoms with Crippen LogP contribution in [0.4, 0.5) is 16.3 Å². The number of amides is 2. The van der Waals surface area contributed by atoms with Crippen LogP contribution in [0, 0.1) is 0 Å². The highest BCUT2D eigenvalue weighted by Crippen LogP contribution is 2.27. The zero-order valence-corrected chi connectivity index (χ0v) is 17.7. The van der Waals surface area contributed by atoms with E-state index in [1.54, 1.807) is 28.8 Å². The lowest BCUT2D eigenvalue weighted by molar-refractivity contribution is 0.104. The SMILES string of the molecule is CC(C)c1cc(C(=O)c2cccc(NC(=O)NC3CCNCC3)c2)c2c(N)ncnn12. The zero-order valence-electron chi connectivity index (χ0n) is 17.7. The van der Waals surface area contributed by atoms with Gasteiger partial charge in [0.1, 0.15) is 11.8 Å². The number of benzene rings is 1. The van der Waals surface area contributed by atoms with Crippen molar-refractivity contribution >= 4 is 28.8 Å². The van der Waals surface area contributed by atoms with Crippen LogP contribution in [0.3, 0.4) is 0 Å². The Kier molecular flexibility index (Phi) is 5.85. The quantitative estimate of drug-likeness (QED) is 0.469. The first kappa shape index (κ1) is 20.8. The van der Waals surface area contributed by atoms with Crippen molar-refractivity contribution in [2.75, 3.05) is 24.1 Å². The van der Waals surface area contributed by atoms with Gasteiger partial charge in [0.25, 0.3) is 0 Å². The highest BCUT2D eigenvalue weighted by Gasteiger charge is 2.22. The summed E-state index contributed by atoms with van der Waals surface area (Å²) in [5.74, 6) is 0.198. The van der Waals surface area contributed by atoms with Crippen LogP contribution >= 0.6 is 0 Å². The van der Waals surface area contributed by atoms with Gasteiger partial charge in [-0.2, -0.15) is 5.10 Å².